The van der Waals surface area contributed by atoms with Crippen molar-refractivity contribution in [2.75, 3.05) is 24.9 Å². The van der Waals surface area contributed by atoms with Gasteiger partial charge in [-0.15, -0.1) is 11.3 Å². The van der Waals surface area contributed by atoms with Crippen LogP contribution in [-0.4, -0.2) is 42.9 Å². The summed E-state index contributed by atoms with van der Waals surface area (Å²) >= 11 is 8.47. The Hall–Kier alpha value is -3.80. The van der Waals surface area contributed by atoms with Crippen LogP contribution in [0.25, 0.3) is 6.08 Å². The van der Waals surface area contributed by atoms with Crippen LogP contribution >= 0.6 is 34.7 Å². The Morgan fingerprint density at radius 1 is 1.11 bits per heavy atom. The zero-order valence-corrected chi connectivity index (χ0v) is 22.1. The zero-order chi connectivity index (χ0) is 26.4. The van der Waals surface area contributed by atoms with Gasteiger partial charge < -0.3 is 9.47 Å². The highest BCUT2D eigenvalue weighted by Crippen LogP contribution is 2.34. The second kappa shape index (κ2) is 12.0. The Labute approximate surface area is 226 Å². The number of hydrogen-bond acceptors (Lipinski definition) is 8. The number of thiophene rings is 1. The number of carbonyl (C=O) groups is 3. The maximum Gasteiger partial charge on any atom is 0.283 e. The number of thioether (sulfide) groups is 1. The number of benzene rings is 2. The Balaban J connectivity index is 1.54. The third-order valence-electron chi connectivity index (χ3n) is 5.03. The van der Waals surface area contributed by atoms with Gasteiger partial charge in [0.25, 0.3) is 11.8 Å². The molecule has 1 aliphatic rings. The summed E-state index contributed by atoms with van der Waals surface area (Å²) in [5, 5.41) is 2.44. The molecule has 3 aromatic rings. The number of hydrazine groups is 1. The first-order chi connectivity index (χ1) is 17.9. The van der Waals surface area contributed by atoms with E-state index < -0.39 is 11.8 Å². The number of carbonyl (C=O) groups excluding carboxylic acids is 3. The number of amidine groups is 1. The van der Waals surface area contributed by atoms with E-state index in [0.29, 0.717) is 27.1 Å². The van der Waals surface area contributed by atoms with Crippen molar-refractivity contribution in [3.05, 3.63) is 81.1 Å². The van der Waals surface area contributed by atoms with Crippen LogP contribution in [0.2, 0.25) is 5.02 Å². The molecule has 3 amide bonds. The van der Waals surface area contributed by atoms with Crippen LogP contribution in [-0.2, 0) is 9.59 Å². The van der Waals surface area contributed by atoms with Crippen LogP contribution in [0, 0.1) is 0 Å². The van der Waals surface area contributed by atoms with E-state index in [9.17, 15) is 14.4 Å². The Morgan fingerprint density at radius 3 is 2.57 bits per heavy atom. The van der Waals surface area contributed by atoms with Crippen molar-refractivity contribution in [1.82, 2.24) is 10.9 Å². The highest BCUT2D eigenvalue weighted by atomic mass is 35.5. The number of hydrogen-bond donors (Lipinski definition) is 2. The fourth-order valence-corrected chi connectivity index (χ4v) is 4.85. The average molecular weight is 557 g/mol. The van der Waals surface area contributed by atoms with Gasteiger partial charge in [0.2, 0.25) is 5.91 Å². The zero-order valence-electron chi connectivity index (χ0n) is 19.7. The van der Waals surface area contributed by atoms with Crippen LogP contribution in [0.15, 0.2) is 70.7 Å². The summed E-state index contributed by atoms with van der Waals surface area (Å²) in [6.07, 6.45) is 1.65. The summed E-state index contributed by atoms with van der Waals surface area (Å²) in [4.78, 5) is 44.2. The molecule has 1 aliphatic heterocycles. The van der Waals surface area contributed by atoms with Gasteiger partial charge in [0.05, 0.1) is 35.6 Å². The molecule has 0 aliphatic carbocycles. The van der Waals surface area contributed by atoms with Crippen molar-refractivity contribution < 1.29 is 23.9 Å². The Morgan fingerprint density at radius 2 is 1.89 bits per heavy atom. The molecular weight excluding hydrogens is 536 g/mol. The lowest BCUT2D eigenvalue weighted by Crippen LogP contribution is -2.42. The molecule has 4 rings (SSSR count). The first-order valence-corrected chi connectivity index (χ1v) is 13.0. The van der Waals surface area contributed by atoms with Gasteiger partial charge in [-0.25, -0.2) is 4.99 Å². The van der Waals surface area contributed by atoms with Crippen LogP contribution in [0.4, 0.5) is 5.69 Å². The first-order valence-electron chi connectivity index (χ1n) is 10.8. The van der Waals surface area contributed by atoms with E-state index in [-0.39, 0.29) is 22.5 Å². The van der Waals surface area contributed by atoms with Gasteiger partial charge >= 0.3 is 0 Å². The predicted octanol–water partition coefficient (Wildman–Crippen LogP) is 4.36. The fourth-order valence-electron chi connectivity index (χ4n) is 3.23. The van der Waals surface area contributed by atoms with E-state index in [2.05, 4.69) is 15.8 Å². The molecule has 0 bridgehead atoms. The largest absolute Gasteiger partial charge is 0.497 e. The number of amides is 3. The van der Waals surface area contributed by atoms with Crippen molar-refractivity contribution in [2.24, 2.45) is 4.99 Å². The van der Waals surface area contributed by atoms with Crippen molar-refractivity contribution in [1.29, 1.82) is 0 Å². The molecule has 2 N–H and O–H groups in total. The molecule has 12 heteroatoms. The molecule has 9 nitrogen and oxygen atoms in total. The number of anilines is 1. The molecule has 0 saturated heterocycles. The minimum absolute atomic E-state index is 0.103. The molecule has 0 unspecified atom stereocenters. The van der Waals surface area contributed by atoms with Crippen molar-refractivity contribution in [3.8, 4) is 11.5 Å². The van der Waals surface area contributed by atoms with E-state index >= 15 is 0 Å². The monoisotopic (exact) mass is 556 g/mol. The molecule has 190 valence electrons. The molecule has 37 heavy (non-hydrogen) atoms. The molecule has 0 radical (unpaired) electrons. The van der Waals surface area contributed by atoms with Gasteiger partial charge in [-0.1, -0.05) is 41.6 Å². The van der Waals surface area contributed by atoms with Gasteiger partial charge in [0.15, 0.2) is 5.17 Å². The molecule has 0 spiro atoms. The predicted molar refractivity (Wildman–Crippen MR) is 146 cm³/mol. The van der Waals surface area contributed by atoms with E-state index in [1.165, 1.54) is 23.3 Å². The molecule has 2 aromatic carbocycles. The number of nitrogens with zero attached hydrogens (tertiary/aromatic N) is 2. The standard InChI is InChI=1S/C25H21ClN4O5S2/c1-34-17-8-5-15(6-9-17)12-19-24(33)30(16-7-10-18(26)20(13-16)35-2)25(27-19)37-14-22(31)28-29-23(32)21-4-3-11-36-21/h3-13H,14H2,1-2H3,(H,28,31)(H,29,32)/b19-12+. The van der Waals surface area contributed by atoms with Gasteiger partial charge in [0.1, 0.15) is 17.2 Å². The summed E-state index contributed by atoms with van der Waals surface area (Å²) in [5.74, 6) is -0.292. The van der Waals surface area contributed by atoms with E-state index in [1.54, 1.807) is 73.2 Å². The van der Waals surface area contributed by atoms with Crippen molar-refractivity contribution >= 4 is 69.4 Å². The normalized spacial score (nSPS) is 13.9. The van der Waals surface area contributed by atoms with E-state index in [1.807, 2.05) is 0 Å². The number of rotatable bonds is 7. The number of nitrogens with one attached hydrogen (secondary N) is 2. The third-order valence-corrected chi connectivity index (χ3v) is 7.15. The number of halogens is 1. The summed E-state index contributed by atoms with van der Waals surface area (Å²) in [5.41, 5.74) is 6.16. The second-order valence-corrected chi connectivity index (χ2v) is 9.72. The minimum Gasteiger partial charge on any atom is -0.497 e. The van der Waals surface area contributed by atoms with Crippen molar-refractivity contribution in [2.45, 2.75) is 0 Å². The topological polar surface area (TPSA) is 109 Å². The Kier molecular flexibility index (Phi) is 8.49. The lowest BCUT2D eigenvalue weighted by Gasteiger charge is -2.19. The molecule has 0 saturated carbocycles. The lowest BCUT2D eigenvalue weighted by atomic mass is 10.2. The van der Waals surface area contributed by atoms with Gasteiger partial charge in [-0.3, -0.25) is 30.1 Å². The average Bonchev–Trinajstić information content (AvgIpc) is 3.56. The quantitative estimate of drug-likeness (QED) is 0.331. The van der Waals surface area contributed by atoms with Crippen LogP contribution < -0.4 is 25.2 Å². The number of aliphatic imine (C=N–C) groups is 1. The first kappa shape index (κ1) is 26.3. The molecule has 0 fully saturated rings. The smallest absolute Gasteiger partial charge is 0.283 e. The van der Waals surface area contributed by atoms with E-state index in [0.717, 1.165) is 17.3 Å². The molecule has 1 aromatic heterocycles. The molecule has 0 atom stereocenters. The highest BCUT2D eigenvalue weighted by molar-refractivity contribution is 8.14. The highest BCUT2D eigenvalue weighted by Gasteiger charge is 2.33. The summed E-state index contributed by atoms with van der Waals surface area (Å²) < 4.78 is 10.5. The minimum atomic E-state index is -0.466. The van der Waals surface area contributed by atoms with Gasteiger partial charge in [-0.2, -0.15) is 0 Å². The van der Waals surface area contributed by atoms with Gasteiger partial charge in [-0.05, 0) is 47.4 Å². The lowest BCUT2D eigenvalue weighted by molar-refractivity contribution is -0.119. The summed E-state index contributed by atoms with van der Waals surface area (Å²) in [7, 11) is 3.05. The van der Waals surface area contributed by atoms with Crippen LogP contribution in [0.3, 0.4) is 0 Å². The summed E-state index contributed by atoms with van der Waals surface area (Å²) in [6.45, 7) is 0. The maximum atomic E-state index is 13.4. The molecule has 2 heterocycles. The van der Waals surface area contributed by atoms with E-state index in [4.69, 9.17) is 21.1 Å². The fraction of sp³-hybridized carbons (Fsp3) is 0.120. The summed E-state index contributed by atoms with van der Waals surface area (Å²) in [6, 6.07) is 15.5. The third kappa shape index (κ3) is 6.31. The maximum absolute atomic E-state index is 13.4. The van der Waals surface area contributed by atoms with Crippen LogP contribution in [0.5, 0.6) is 11.5 Å². The van der Waals surface area contributed by atoms with Crippen LogP contribution in [0.1, 0.15) is 15.2 Å². The Bertz CT molecular complexity index is 1370. The second-order valence-electron chi connectivity index (χ2n) is 7.42. The molecular formula is C25H21ClN4O5S2. The number of ether oxygens (including phenoxy) is 2. The number of methoxy groups -OCH3 is 2. The SMILES string of the molecule is COc1ccc(/C=C2/N=C(SCC(=O)NNC(=O)c3cccs3)N(c3ccc(Cl)c(OC)c3)C2=O)cc1. The van der Waals surface area contributed by atoms with Gasteiger partial charge in [0, 0.05) is 6.07 Å². The van der Waals surface area contributed by atoms with Crippen molar-refractivity contribution in [3.63, 3.8) is 0 Å².